The maximum atomic E-state index is 12.3. The molecule has 6 nitrogen and oxygen atoms in total. The van der Waals surface area contributed by atoms with Crippen LogP contribution in [0.25, 0.3) is 0 Å². The maximum Gasteiger partial charge on any atom is 0.378 e. The molecule has 23 heavy (non-hydrogen) atoms. The molecular weight excluding hydrogens is 317 g/mol. The SMILES string of the molecule is [B]OC(=O)C1CN2C(=O)[C@@H](CC(=O)Cc3ccccc3)C2S1=O. The van der Waals surface area contributed by atoms with Crippen LogP contribution >= 0.6 is 0 Å². The average molecular weight is 331 g/mol. The Bertz CT molecular complexity index is 680. The summed E-state index contributed by atoms with van der Waals surface area (Å²) in [6.07, 6.45) is 0.267. The summed E-state index contributed by atoms with van der Waals surface area (Å²) in [5, 5.41) is -1.52. The van der Waals surface area contributed by atoms with Crippen LogP contribution in [0.2, 0.25) is 0 Å². The third-order valence-electron chi connectivity index (χ3n) is 4.20. The molecule has 8 heteroatoms. The number of β-lactam (4-membered cyclic amide) rings is 1. The van der Waals surface area contributed by atoms with Crippen molar-refractivity contribution >= 4 is 36.5 Å². The Morgan fingerprint density at radius 2 is 2.00 bits per heavy atom. The molecule has 3 rings (SSSR count). The van der Waals surface area contributed by atoms with Gasteiger partial charge in [0.1, 0.15) is 16.4 Å². The van der Waals surface area contributed by atoms with E-state index in [4.69, 9.17) is 8.05 Å². The third-order valence-corrected chi connectivity index (χ3v) is 6.16. The lowest BCUT2D eigenvalue weighted by atomic mass is 9.90. The molecule has 4 atom stereocenters. The summed E-state index contributed by atoms with van der Waals surface area (Å²) in [5.74, 6) is -1.74. The topological polar surface area (TPSA) is 80.8 Å². The van der Waals surface area contributed by atoms with Crippen molar-refractivity contribution in [2.75, 3.05) is 6.54 Å². The van der Waals surface area contributed by atoms with Crippen LogP contribution in [0.4, 0.5) is 0 Å². The van der Waals surface area contributed by atoms with Crippen LogP contribution in [0.15, 0.2) is 30.3 Å². The van der Waals surface area contributed by atoms with Crippen LogP contribution in [-0.2, 0) is 36.3 Å². The molecule has 1 aromatic rings. The monoisotopic (exact) mass is 331 g/mol. The quantitative estimate of drug-likeness (QED) is 0.548. The van der Waals surface area contributed by atoms with Crippen molar-refractivity contribution in [3.63, 3.8) is 0 Å². The predicted octanol–water partition coefficient (Wildman–Crippen LogP) is -0.270. The van der Waals surface area contributed by atoms with E-state index in [1.165, 1.54) is 4.90 Å². The fraction of sp³-hybridized carbons (Fsp3) is 0.400. The van der Waals surface area contributed by atoms with Crippen molar-refractivity contribution < 1.29 is 23.2 Å². The lowest BCUT2D eigenvalue weighted by Gasteiger charge is -2.40. The molecule has 3 unspecified atom stereocenters. The fourth-order valence-electron chi connectivity index (χ4n) is 3.07. The highest BCUT2D eigenvalue weighted by atomic mass is 32.2. The molecule has 0 spiro atoms. The Morgan fingerprint density at radius 1 is 1.30 bits per heavy atom. The number of amides is 1. The molecule has 1 aromatic carbocycles. The van der Waals surface area contributed by atoms with Gasteiger partial charge >= 0.3 is 14.0 Å². The zero-order valence-corrected chi connectivity index (χ0v) is 13.0. The number of carbonyl (C=O) groups excluding carboxylic acids is 3. The number of carbonyl (C=O) groups is 3. The molecule has 118 valence electrons. The molecule has 2 aliphatic heterocycles. The van der Waals surface area contributed by atoms with E-state index < -0.39 is 33.3 Å². The number of ketones is 1. The number of nitrogens with zero attached hydrogens (tertiary/aromatic N) is 1. The number of Topliss-reactive ketones (excluding diaryl/α,β-unsaturated/α-hetero) is 1. The molecule has 1 amide bonds. The van der Waals surface area contributed by atoms with Crippen molar-refractivity contribution in [3.8, 4) is 0 Å². The predicted molar refractivity (Wildman–Crippen MR) is 82.5 cm³/mol. The molecule has 0 aliphatic carbocycles. The Kier molecular flexibility index (Phi) is 4.34. The van der Waals surface area contributed by atoms with Gasteiger partial charge in [0.25, 0.3) is 0 Å². The molecule has 0 bridgehead atoms. The van der Waals surface area contributed by atoms with E-state index in [2.05, 4.69) is 4.65 Å². The van der Waals surface area contributed by atoms with Crippen LogP contribution in [0.5, 0.6) is 0 Å². The van der Waals surface area contributed by atoms with Gasteiger partial charge in [0.2, 0.25) is 5.91 Å². The second-order valence-electron chi connectivity index (χ2n) is 5.65. The summed E-state index contributed by atoms with van der Waals surface area (Å²) in [6.45, 7) is 0.0372. The third kappa shape index (κ3) is 2.83. The zero-order valence-electron chi connectivity index (χ0n) is 12.2. The summed E-state index contributed by atoms with van der Waals surface area (Å²) >= 11 is 0. The van der Waals surface area contributed by atoms with Crippen LogP contribution in [0.1, 0.15) is 12.0 Å². The molecule has 2 saturated heterocycles. The number of hydrogen-bond acceptors (Lipinski definition) is 5. The van der Waals surface area contributed by atoms with E-state index in [0.717, 1.165) is 5.56 Å². The van der Waals surface area contributed by atoms with Crippen LogP contribution in [0, 0.1) is 5.92 Å². The van der Waals surface area contributed by atoms with E-state index in [9.17, 15) is 18.6 Å². The molecule has 2 radical (unpaired) electrons. The van der Waals surface area contributed by atoms with E-state index in [0.29, 0.717) is 0 Å². The molecule has 0 saturated carbocycles. The van der Waals surface area contributed by atoms with Gasteiger partial charge in [-0.3, -0.25) is 18.6 Å². The number of fused-ring (bicyclic) bond motifs is 1. The van der Waals surface area contributed by atoms with Gasteiger partial charge in [-0.25, -0.2) is 0 Å². The summed E-state index contributed by atoms with van der Waals surface area (Å²) in [6, 6.07) is 9.23. The molecule has 0 N–H and O–H groups in total. The van der Waals surface area contributed by atoms with Crippen molar-refractivity contribution in [1.29, 1.82) is 0 Å². The van der Waals surface area contributed by atoms with Gasteiger partial charge < -0.3 is 9.55 Å². The minimum Gasteiger partial charge on any atom is -0.542 e. The van der Waals surface area contributed by atoms with Crippen LogP contribution in [0.3, 0.4) is 0 Å². The first kappa shape index (κ1) is 15.9. The minimum absolute atomic E-state index is 0.0328. The van der Waals surface area contributed by atoms with E-state index in [-0.39, 0.29) is 31.1 Å². The van der Waals surface area contributed by atoms with Gasteiger partial charge in [0, 0.05) is 19.4 Å². The first-order valence-corrected chi connectivity index (χ1v) is 8.46. The number of benzene rings is 1. The number of hydrogen-bond donors (Lipinski definition) is 0. The average Bonchev–Trinajstić information content (AvgIpc) is 2.86. The second-order valence-corrected chi connectivity index (χ2v) is 7.36. The highest BCUT2D eigenvalue weighted by Gasteiger charge is 2.59. The highest BCUT2D eigenvalue weighted by molar-refractivity contribution is 7.87. The van der Waals surface area contributed by atoms with Crippen LogP contribution in [-0.4, -0.2) is 52.0 Å². The van der Waals surface area contributed by atoms with Gasteiger partial charge in [0.15, 0.2) is 0 Å². The normalized spacial score (nSPS) is 28.9. The lowest BCUT2D eigenvalue weighted by Crippen LogP contribution is -2.59. The zero-order chi connectivity index (χ0) is 16.6. The maximum absolute atomic E-state index is 12.3. The Morgan fingerprint density at radius 3 is 2.65 bits per heavy atom. The van der Waals surface area contributed by atoms with Crippen molar-refractivity contribution in [3.05, 3.63) is 35.9 Å². The van der Waals surface area contributed by atoms with E-state index >= 15 is 0 Å². The first-order valence-electron chi connectivity index (χ1n) is 7.19. The summed E-state index contributed by atoms with van der Waals surface area (Å²) in [4.78, 5) is 37.1. The fourth-order valence-corrected chi connectivity index (χ4v) is 4.94. The second kappa shape index (κ2) is 6.27. The molecular formula is C15H14BNO5S. The smallest absolute Gasteiger partial charge is 0.378 e. The largest absolute Gasteiger partial charge is 0.542 e. The summed E-state index contributed by atoms with van der Waals surface area (Å²) in [7, 11) is 3.23. The van der Waals surface area contributed by atoms with E-state index in [1.807, 2.05) is 30.3 Å². The first-order chi connectivity index (χ1) is 11.0. The van der Waals surface area contributed by atoms with Crippen molar-refractivity contribution in [1.82, 2.24) is 4.90 Å². The molecule has 0 aromatic heterocycles. The van der Waals surface area contributed by atoms with E-state index in [1.54, 1.807) is 0 Å². The summed E-state index contributed by atoms with van der Waals surface area (Å²) < 4.78 is 16.4. The van der Waals surface area contributed by atoms with Gasteiger partial charge in [-0.05, 0) is 5.56 Å². The molecule has 2 heterocycles. The number of rotatable bonds is 5. The van der Waals surface area contributed by atoms with Gasteiger partial charge in [0.05, 0.1) is 16.7 Å². The lowest BCUT2D eigenvalue weighted by molar-refractivity contribution is -0.151. The molecule has 2 aliphatic rings. The summed E-state index contributed by atoms with van der Waals surface area (Å²) in [5.41, 5.74) is 0.873. The standard InChI is InChI=1S/C15H14BNO5S/c16-22-15(20)12-8-17-13(19)11(14(17)23(12)21)7-10(18)6-9-4-2-1-3-5-9/h1-5,11-12,14H,6-8H2/t11-,12?,14?,23?/m1/s1. The van der Waals surface area contributed by atoms with Crippen molar-refractivity contribution in [2.45, 2.75) is 23.5 Å². The van der Waals surface area contributed by atoms with Gasteiger partial charge in [-0.1, -0.05) is 30.3 Å². The van der Waals surface area contributed by atoms with Crippen molar-refractivity contribution in [2.24, 2.45) is 5.92 Å². The Labute approximate surface area is 137 Å². The van der Waals surface area contributed by atoms with Gasteiger partial charge in [-0.2, -0.15) is 0 Å². The Hall–Kier alpha value is -1.96. The minimum atomic E-state index is -1.59. The molecule has 2 fully saturated rings. The Balaban J connectivity index is 1.64. The van der Waals surface area contributed by atoms with Gasteiger partial charge in [-0.15, -0.1) is 0 Å². The highest BCUT2D eigenvalue weighted by Crippen LogP contribution is 2.39. The van der Waals surface area contributed by atoms with Crippen LogP contribution < -0.4 is 0 Å².